The van der Waals surface area contributed by atoms with Gasteiger partial charge < -0.3 is 24.4 Å². The molecule has 6 heteroatoms. The van der Waals surface area contributed by atoms with Crippen LogP contribution in [0, 0.1) is 16.7 Å². The molecule has 6 nitrogen and oxygen atoms in total. The van der Waals surface area contributed by atoms with Gasteiger partial charge in [0.15, 0.2) is 0 Å². The van der Waals surface area contributed by atoms with Crippen LogP contribution in [0.15, 0.2) is 11.6 Å². The fourth-order valence-electron chi connectivity index (χ4n) is 5.69. The van der Waals surface area contributed by atoms with Gasteiger partial charge in [0, 0.05) is 17.3 Å². The normalized spacial score (nSPS) is 49.1. The zero-order valence-corrected chi connectivity index (χ0v) is 16.0. The first kappa shape index (κ1) is 18.4. The number of aliphatic hydroxyl groups is 2. The van der Waals surface area contributed by atoms with E-state index in [-0.39, 0.29) is 36.8 Å². The number of ether oxygens (including phenoxy) is 3. The Morgan fingerprint density at radius 1 is 1.42 bits per heavy atom. The summed E-state index contributed by atoms with van der Waals surface area (Å²) in [6.45, 7) is 8.45. The minimum Gasteiger partial charge on any atom is -0.458 e. The third kappa shape index (κ3) is 2.22. The van der Waals surface area contributed by atoms with Gasteiger partial charge in [0.1, 0.15) is 17.8 Å². The van der Waals surface area contributed by atoms with Crippen LogP contribution in [0.5, 0.6) is 0 Å². The fraction of sp³-hybridized carbons (Fsp3) is 0.850. The van der Waals surface area contributed by atoms with E-state index < -0.39 is 22.5 Å². The third-order valence-electron chi connectivity index (χ3n) is 7.36. The number of esters is 1. The van der Waals surface area contributed by atoms with E-state index in [2.05, 4.69) is 6.92 Å². The van der Waals surface area contributed by atoms with E-state index >= 15 is 0 Å². The molecule has 2 saturated heterocycles. The number of hydrogen-bond donors (Lipinski definition) is 2. The maximum Gasteiger partial charge on any atom is 0.306 e. The van der Waals surface area contributed by atoms with Gasteiger partial charge in [-0.1, -0.05) is 26.8 Å². The molecular formula is C20H30O6. The van der Waals surface area contributed by atoms with E-state index in [1.165, 1.54) is 0 Å². The number of carbonyl (C=O) groups excluding carboxylic acids is 1. The number of carbonyl (C=O) groups is 1. The third-order valence-corrected chi connectivity index (χ3v) is 7.36. The van der Waals surface area contributed by atoms with Gasteiger partial charge in [-0.2, -0.15) is 0 Å². The first-order chi connectivity index (χ1) is 12.2. The molecule has 3 fully saturated rings. The van der Waals surface area contributed by atoms with Crippen LogP contribution in [0.1, 0.15) is 47.0 Å². The van der Waals surface area contributed by atoms with Crippen LogP contribution in [0.2, 0.25) is 0 Å². The lowest BCUT2D eigenvalue weighted by Crippen LogP contribution is -2.65. The highest BCUT2D eigenvalue weighted by atomic mass is 16.6. The average molecular weight is 366 g/mol. The molecular weight excluding hydrogens is 336 g/mol. The molecule has 2 bridgehead atoms. The summed E-state index contributed by atoms with van der Waals surface area (Å²) < 4.78 is 17.9. The number of rotatable bonds is 4. The van der Waals surface area contributed by atoms with Crippen molar-refractivity contribution in [3.63, 3.8) is 0 Å². The molecule has 2 N–H and O–H groups in total. The van der Waals surface area contributed by atoms with Crippen molar-refractivity contribution in [2.45, 2.75) is 77.0 Å². The first-order valence-electron chi connectivity index (χ1n) is 9.65. The molecule has 4 aliphatic rings. The summed E-state index contributed by atoms with van der Waals surface area (Å²) in [7, 11) is 0. The fourth-order valence-corrected chi connectivity index (χ4v) is 5.69. The molecule has 0 aromatic heterocycles. The topological polar surface area (TPSA) is 88.5 Å². The Labute approximate surface area is 154 Å². The van der Waals surface area contributed by atoms with Crippen LogP contribution in [0.4, 0.5) is 0 Å². The van der Waals surface area contributed by atoms with Gasteiger partial charge >= 0.3 is 5.97 Å². The van der Waals surface area contributed by atoms with Crippen LogP contribution in [0.3, 0.4) is 0 Å². The second kappa shape index (κ2) is 5.77. The predicted molar refractivity (Wildman–Crippen MR) is 93.3 cm³/mol. The molecule has 2 heterocycles. The predicted octanol–water partition coefficient (Wildman–Crippen LogP) is 1.58. The SMILES string of the molecule is CC1=C[C@H]2O[C@@H]3[C@H](O)C[C@@](C)(C34CO4)[C@@]2(CO)C[C@@H]1OC(=O)CC(C)C. The molecule has 7 atom stereocenters. The van der Waals surface area contributed by atoms with Crippen LogP contribution in [-0.2, 0) is 19.0 Å². The monoisotopic (exact) mass is 366 g/mol. The van der Waals surface area contributed by atoms with Gasteiger partial charge in [-0.3, -0.25) is 4.79 Å². The number of fused-ring (bicyclic) bond motifs is 2. The average Bonchev–Trinajstić information content (AvgIpc) is 3.31. The van der Waals surface area contributed by atoms with Gasteiger partial charge in [-0.05, 0) is 31.3 Å². The van der Waals surface area contributed by atoms with Gasteiger partial charge in [-0.25, -0.2) is 0 Å². The minimum absolute atomic E-state index is 0.0965. The summed E-state index contributed by atoms with van der Waals surface area (Å²) in [5.41, 5.74) is -0.653. The molecule has 0 aromatic carbocycles. The van der Waals surface area contributed by atoms with Crippen LogP contribution in [0.25, 0.3) is 0 Å². The van der Waals surface area contributed by atoms with Gasteiger partial charge in [0.2, 0.25) is 0 Å². The quantitative estimate of drug-likeness (QED) is 0.446. The molecule has 0 aromatic rings. The van der Waals surface area contributed by atoms with Crippen LogP contribution >= 0.6 is 0 Å². The smallest absolute Gasteiger partial charge is 0.306 e. The van der Waals surface area contributed by atoms with E-state index in [0.29, 0.717) is 25.9 Å². The van der Waals surface area contributed by atoms with E-state index in [1.807, 2.05) is 26.8 Å². The van der Waals surface area contributed by atoms with Crippen molar-refractivity contribution in [1.82, 2.24) is 0 Å². The zero-order valence-electron chi connectivity index (χ0n) is 16.0. The van der Waals surface area contributed by atoms with Crippen molar-refractivity contribution in [3.8, 4) is 0 Å². The van der Waals surface area contributed by atoms with E-state index in [0.717, 1.165) is 5.57 Å². The van der Waals surface area contributed by atoms with Crippen molar-refractivity contribution < 1.29 is 29.2 Å². The molecule has 1 saturated carbocycles. The Kier molecular flexibility index (Phi) is 4.09. The molecule has 1 unspecified atom stereocenters. The van der Waals surface area contributed by atoms with Gasteiger partial charge in [0.25, 0.3) is 0 Å². The lowest BCUT2D eigenvalue weighted by molar-refractivity contribution is -0.226. The Bertz CT molecular complexity index is 638. The molecule has 4 rings (SSSR count). The number of aliphatic hydroxyl groups excluding tert-OH is 2. The van der Waals surface area contributed by atoms with Crippen molar-refractivity contribution in [2.75, 3.05) is 13.2 Å². The standard InChI is InChI=1S/C20H30O6/c1-11(2)5-16(23)25-14-8-19(9-21)15(6-12(14)3)26-17-13(22)7-18(19,4)20(17)10-24-20/h6,11,13-15,17,21-22H,5,7-10H2,1-4H3/t13-,14+,15-,17-,18-,19-,20?/m1/s1. The highest BCUT2D eigenvalue weighted by Gasteiger charge is 2.81. The minimum atomic E-state index is -0.639. The highest BCUT2D eigenvalue weighted by Crippen LogP contribution is 2.71. The molecule has 2 aliphatic carbocycles. The largest absolute Gasteiger partial charge is 0.458 e. The number of hydrogen-bond acceptors (Lipinski definition) is 6. The lowest BCUT2D eigenvalue weighted by Gasteiger charge is -2.58. The summed E-state index contributed by atoms with van der Waals surface area (Å²) >= 11 is 0. The molecule has 2 aliphatic heterocycles. The summed E-state index contributed by atoms with van der Waals surface area (Å²) in [5, 5.41) is 21.1. The van der Waals surface area contributed by atoms with Crippen molar-refractivity contribution in [1.29, 1.82) is 0 Å². The van der Waals surface area contributed by atoms with E-state index in [9.17, 15) is 15.0 Å². The molecule has 0 amide bonds. The van der Waals surface area contributed by atoms with Gasteiger partial charge in [0.05, 0.1) is 25.4 Å². The Balaban J connectivity index is 1.68. The number of epoxide rings is 1. The molecule has 1 spiro atoms. The Morgan fingerprint density at radius 3 is 2.69 bits per heavy atom. The van der Waals surface area contributed by atoms with Crippen molar-refractivity contribution in [2.24, 2.45) is 16.7 Å². The second-order valence-electron chi connectivity index (χ2n) is 9.26. The summed E-state index contributed by atoms with van der Waals surface area (Å²) in [5.74, 6) is 0.0206. The zero-order chi connectivity index (χ0) is 18.9. The summed E-state index contributed by atoms with van der Waals surface area (Å²) in [6, 6.07) is 0. The van der Waals surface area contributed by atoms with Crippen molar-refractivity contribution >= 4 is 5.97 Å². The Morgan fingerprint density at radius 2 is 2.12 bits per heavy atom. The van der Waals surface area contributed by atoms with E-state index in [4.69, 9.17) is 14.2 Å². The first-order valence-corrected chi connectivity index (χ1v) is 9.65. The lowest BCUT2D eigenvalue weighted by atomic mass is 9.51. The van der Waals surface area contributed by atoms with Crippen LogP contribution in [-0.4, -0.2) is 59.4 Å². The summed E-state index contributed by atoms with van der Waals surface area (Å²) in [6.07, 6.45) is 1.71. The molecule has 0 radical (unpaired) electrons. The Hall–Kier alpha value is -0.950. The summed E-state index contributed by atoms with van der Waals surface area (Å²) in [4.78, 5) is 12.2. The second-order valence-corrected chi connectivity index (χ2v) is 9.26. The molecule has 146 valence electrons. The highest BCUT2D eigenvalue weighted by molar-refractivity contribution is 5.70. The maximum atomic E-state index is 12.2. The van der Waals surface area contributed by atoms with Gasteiger partial charge in [-0.15, -0.1) is 0 Å². The maximum absolute atomic E-state index is 12.2. The molecule has 26 heavy (non-hydrogen) atoms. The van der Waals surface area contributed by atoms with Crippen LogP contribution < -0.4 is 0 Å². The van der Waals surface area contributed by atoms with Crippen molar-refractivity contribution in [3.05, 3.63) is 11.6 Å². The van der Waals surface area contributed by atoms with E-state index in [1.54, 1.807) is 0 Å².